The highest BCUT2D eigenvalue weighted by Crippen LogP contribution is 2.14. The maximum atomic E-state index is 11.7. The molecule has 0 rings (SSSR count). The third kappa shape index (κ3) is 20.2. The smallest absolute Gasteiger partial charge is 0.308 e. The standard InChI is InChI=1S/C26H52O2/c1-4-6-7-8-9-10-11-12-13-14-15-16-17-18-19-20-21-22-24-28-26(27)25(3)23-5-2/h25H,4-24H2,1-3H3. The van der Waals surface area contributed by atoms with Gasteiger partial charge in [0.15, 0.2) is 0 Å². The number of unbranched alkanes of at least 4 members (excludes halogenated alkanes) is 17. The topological polar surface area (TPSA) is 26.3 Å². The molecule has 0 N–H and O–H groups in total. The molecule has 0 aromatic heterocycles. The van der Waals surface area contributed by atoms with E-state index in [1.54, 1.807) is 0 Å². The zero-order valence-electron chi connectivity index (χ0n) is 19.7. The van der Waals surface area contributed by atoms with Crippen molar-refractivity contribution in [3.63, 3.8) is 0 Å². The number of rotatable bonds is 22. The quantitative estimate of drug-likeness (QED) is 0.135. The van der Waals surface area contributed by atoms with Crippen LogP contribution in [0.4, 0.5) is 0 Å². The molecule has 2 nitrogen and oxygen atoms in total. The molecule has 0 heterocycles. The van der Waals surface area contributed by atoms with E-state index in [0.717, 1.165) is 19.3 Å². The Morgan fingerprint density at radius 3 is 1.29 bits per heavy atom. The monoisotopic (exact) mass is 396 g/mol. The first kappa shape index (κ1) is 27.5. The van der Waals surface area contributed by atoms with E-state index >= 15 is 0 Å². The van der Waals surface area contributed by atoms with Crippen molar-refractivity contribution >= 4 is 5.97 Å². The van der Waals surface area contributed by atoms with Crippen LogP contribution in [0.3, 0.4) is 0 Å². The normalized spacial score (nSPS) is 12.2. The van der Waals surface area contributed by atoms with Crippen LogP contribution in [0.25, 0.3) is 0 Å². The van der Waals surface area contributed by atoms with Crippen LogP contribution in [0, 0.1) is 5.92 Å². The molecule has 168 valence electrons. The van der Waals surface area contributed by atoms with Crippen molar-refractivity contribution in [3.05, 3.63) is 0 Å². The molecular weight excluding hydrogens is 344 g/mol. The molecule has 0 amide bonds. The van der Waals surface area contributed by atoms with Gasteiger partial charge >= 0.3 is 5.97 Å². The van der Waals surface area contributed by atoms with E-state index in [-0.39, 0.29) is 11.9 Å². The lowest BCUT2D eigenvalue weighted by molar-refractivity contribution is -0.148. The van der Waals surface area contributed by atoms with Crippen LogP contribution in [-0.4, -0.2) is 12.6 Å². The zero-order chi connectivity index (χ0) is 20.7. The van der Waals surface area contributed by atoms with Crippen LogP contribution in [0.1, 0.15) is 149 Å². The summed E-state index contributed by atoms with van der Waals surface area (Å²) in [5, 5.41) is 0. The Hall–Kier alpha value is -0.530. The van der Waals surface area contributed by atoms with Gasteiger partial charge in [0.1, 0.15) is 0 Å². The lowest BCUT2D eigenvalue weighted by Gasteiger charge is -2.10. The van der Waals surface area contributed by atoms with Gasteiger partial charge in [0.25, 0.3) is 0 Å². The second-order valence-corrected chi connectivity index (χ2v) is 8.87. The molecule has 0 spiro atoms. The predicted octanol–water partition coefficient (Wildman–Crippen LogP) is 9.01. The number of esters is 1. The van der Waals surface area contributed by atoms with Crippen molar-refractivity contribution in [2.75, 3.05) is 6.61 Å². The number of hydrogen-bond donors (Lipinski definition) is 0. The van der Waals surface area contributed by atoms with E-state index in [2.05, 4.69) is 13.8 Å². The molecule has 0 aliphatic carbocycles. The number of carbonyl (C=O) groups is 1. The molecule has 0 saturated heterocycles. The maximum Gasteiger partial charge on any atom is 0.308 e. The van der Waals surface area contributed by atoms with Crippen molar-refractivity contribution < 1.29 is 9.53 Å². The summed E-state index contributed by atoms with van der Waals surface area (Å²) in [6.07, 6.45) is 26.9. The van der Waals surface area contributed by atoms with Crippen molar-refractivity contribution in [3.8, 4) is 0 Å². The van der Waals surface area contributed by atoms with Gasteiger partial charge in [-0.3, -0.25) is 4.79 Å². The molecule has 0 aromatic carbocycles. The Morgan fingerprint density at radius 2 is 0.929 bits per heavy atom. The molecule has 0 fully saturated rings. The summed E-state index contributed by atoms with van der Waals surface area (Å²) in [5.41, 5.74) is 0. The predicted molar refractivity (Wildman–Crippen MR) is 124 cm³/mol. The Balaban J connectivity index is 3.11. The fourth-order valence-electron chi connectivity index (χ4n) is 3.87. The van der Waals surface area contributed by atoms with Gasteiger partial charge in [-0.25, -0.2) is 0 Å². The van der Waals surface area contributed by atoms with Crippen molar-refractivity contribution in [1.82, 2.24) is 0 Å². The Kier molecular flexibility index (Phi) is 22.3. The summed E-state index contributed by atoms with van der Waals surface area (Å²) in [6.45, 7) is 6.99. The number of ether oxygens (including phenoxy) is 1. The van der Waals surface area contributed by atoms with E-state index in [9.17, 15) is 4.79 Å². The molecule has 0 aliphatic rings. The van der Waals surface area contributed by atoms with Gasteiger partial charge in [0.05, 0.1) is 12.5 Å². The minimum Gasteiger partial charge on any atom is -0.465 e. The van der Waals surface area contributed by atoms with E-state index in [0.29, 0.717) is 6.61 Å². The molecule has 28 heavy (non-hydrogen) atoms. The molecule has 2 heteroatoms. The van der Waals surface area contributed by atoms with Crippen molar-refractivity contribution in [1.29, 1.82) is 0 Å². The van der Waals surface area contributed by atoms with Gasteiger partial charge in [-0.05, 0) is 12.8 Å². The van der Waals surface area contributed by atoms with E-state index in [1.807, 2.05) is 6.92 Å². The lowest BCUT2D eigenvalue weighted by Crippen LogP contribution is -2.15. The Labute approximate surface area is 177 Å². The molecule has 0 bridgehead atoms. The highest BCUT2D eigenvalue weighted by molar-refractivity contribution is 5.71. The van der Waals surface area contributed by atoms with Gasteiger partial charge < -0.3 is 4.74 Å². The number of carbonyl (C=O) groups excluding carboxylic acids is 1. The molecule has 0 saturated carbocycles. The largest absolute Gasteiger partial charge is 0.465 e. The van der Waals surface area contributed by atoms with Crippen LogP contribution in [0.2, 0.25) is 0 Å². The average molecular weight is 397 g/mol. The second kappa shape index (κ2) is 22.8. The SMILES string of the molecule is CCCCCCCCCCCCCCCCCCCCOC(=O)C(C)CCC. The molecule has 0 aromatic rings. The van der Waals surface area contributed by atoms with Crippen LogP contribution in [0.5, 0.6) is 0 Å². The average Bonchev–Trinajstić information content (AvgIpc) is 2.69. The fourth-order valence-corrected chi connectivity index (χ4v) is 3.87. The second-order valence-electron chi connectivity index (χ2n) is 8.87. The molecule has 0 radical (unpaired) electrons. The first-order valence-electron chi connectivity index (χ1n) is 12.9. The zero-order valence-corrected chi connectivity index (χ0v) is 19.7. The summed E-state index contributed by atoms with van der Waals surface area (Å²) in [4.78, 5) is 11.7. The summed E-state index contributed by atoms with van der Waals surface area (Å²) in [5.74, 6) is 0.0642. The molecule has 1 unspecified atom stereocenters. The van der Waals surface area contributed by atoms with Crippen molar-refractivity contribution in [2.45, 2.75) is 149 Å². The van der Waals surface area contributed by atoms with Gasteiger partial charge in [-0.1, -0.05) is 136 Å². The fraction of sp³-hybridized carbons (Fsp3) is 0.962. The molecule has 1 atom stereocenters. The summed E-state index contributed by atoms with van der Waals surface area (Å²) < 4.78 is 5.35. The third-order valence-electron chi connectivity index (χ3n) is 5.87. The van der Waals surface area contributed by atoms with Gasteiger partial charge in [0.2, 0.25) is 0 Å². The van der Waals surface area contributed by atoms with E-state index in [4.69, 9.17) is 4.74 Å². The maximum absolute atomic E-state index is 11.7. The van der Waals surface area contributed by atoms with E-state index < -0.39 is 0 Å². The van der Waals surface area contributed by atoms with Crippen LogP contribution < -0.4 is 0 Å². The molecule has 0 aliphatic heterocycles. The van der Waals surface area contributed by atoms with Crippen LogP contribution >= 0.6 is 0 Å². The first-order chi connectivity index (χ1) is 13.7. The van der Waals surface area contributed by atoms with Gasteiger partial charge in [-0.2, -0.15) is 0 Å². The van der Waals surface area contributed by atoms with Crippen LogP contribution in [-0.2, 0) is 9.53 Å². The summed E-state index contributed by atoms with van der Waals surface area (Å²) in [6, 6.07) is 0. The van der Waals surface area contributed by atoms with Crippen molar-refractivity contribution in [2.24, 2.45) is 5.92 Å². The Bertz CT molecular complexity index is 314. The third-order valence-corrected chi connectivity index (χ3v) is 5.87. The first-order valence-corrected chi connectivity index (χ1v) is 12.9. The Morgan fingerprint density at radius 1 is 0.571 bits per heavy atom. The lowest BCUT2D eigenvalue weighted by atomic mass is 10.0. The van der Waals surface area contributed by atoms with Crippen LogP contribution in [0.15, 0.2) is 0 Å². The van der Waals surface area contributed by atoms with Gasteiger partial charge in [-0.15, -0.1) is 0 Å². The summed E-state index contributed by atoms with van der Waals surface area (Å²) >= 11 is 0. The minimum atomic E-state index is -0.00572. The highest BCUT2D eigenvalue weighted by Gasteiger charge is 2.12. The highest BCUT2D eigenvalue weighted by atomic mass is 16.5. The molecular formula is C26H52O2. The summed E-state index contributed by atoms with van der Waals surface area (Å²) in [7, 11) is 0. The number of hydrogen-bond acceptors (Lipinski definition) is 2. The van der Waals surface area contributed by atoms with E-state index in [1.165, 1.54) is 109 Å². The van der Waals surface area contributed by atoms with Gasteiger partial charge in [0, 0.05) is 0 Å². The minimum absolute atomic E-state index is 0.00572.